The molecule has 1 fully saturated rings. The first kappa shape index (κ1) is 16.9. The summed E-state index contributed by atoms with van der Waals surface area (Å²) in [6.45, 7) is 1.92. The number of nitrogens with zero attached hydrogens (tertiary/aromatic N) is 2. The van der Waals surface area contributed by atoms with E-state index in [1.807, 2.05) is 18.4 Å². The van der Waals surface area contributed by atoms with Gasteiger partial charge in [-0.05, 0) is 31.2 Å². The molecule has 1 atom stereocenters. The third-order valence-corrected chi connectivity index (χ3v) is 5.10. The third kappa shape index (κ3) is 3.91. The van der Waals surface area contributed by atoms with Crippen LogP contribution in [0.15, 0.2) is 23.7 Å². The van der Waals surface area contributed by atoms with E-state index in [2.05, 4.69) is 15.3 Å². The van der Waals surface area contributed by atoms with Gasteiger partial charge < -0.3 is 15.2 Å². The molecule has 1 unspecified atom stereocenters. The first-order valence-electron chi connectivity index (χ1n) is 7.93. The minimum absolute atomic E-state index is 0.0671. The molecule has 0 bridgehead atoms. The van der Waals surface area contributed by atoms with Crippen molar-refractivity contribution >= 4 is 17.2 Å². The number of amides is 1. The molecule has 2 aromatic heterocycles. The van der Waals surface area contributed by atoms with Crippen LogP contribution < -0.4 is 10.1 Å². The SMILES string of the molecule is COc1ccc(C(NC(=O)Cc2csc(C)n2)C2CC(O)C2)cn1. The predicted octanol–water partition coefficient (Wildman–Crippen LogP) is 2.03. The van der Waals surface area contributed by atoms with Crippen molar-refractivity contribution in [2.45, 2.75) is 38.3 Å². The lowest BCUT2D eigenvalue weighted by Crippen LogP contribution is -2.42. The Morgan fingerprint density at radius 2 is 2.29 bits per heavy atom. The Labute approximate surface area is 144 Å². The maximum atomic E-state index is 12.4. The molecule has 0 saturated heterocycles. The van der Waals surface area contributed by atoms with Gasteiger partial charge in [0, 0.05) is 17.6 Å². The number of hydrogen-bond donors (Lipinski definition) is 2. The van der Waals surface area contributed by atoms with Gasteiger partial charge in [-0.2, -0.15) is 0 Å². The van der Waals surface area contributed by atoms with Crippen LogP contribution in [-0.2, 0) is 11.2 Å². The zero-order chi connectivity index (χ0) is 17.1. The standard InChI is InChI=1S/C17H21N3O3S/c1-10-19-13(9-24-10)7-15(22)20-17(12-5-14(21)6-12)11-3-4-16(23-2)18-8-11/h3-4,8-9,12,14,17,21H,5-7H2,1-2H3,(H,20,22). The predicted molar refractivity (Wildman–Crippen MR) is 91.0 cm³/mol. The van der Waals surface area contributed by atoms with Gasteiger partial charge in [-0.1, -0.05) is 6.07 Å². The average Bonchev–Trinajstić information content (AvgIpc) is 2.95. The Balaban J connectivity index is 1.70. The number of carbonyl (C=O) groups is 1. The molecule has 0 radical (unpaired) electrons. The second-order valence-electron chi connectivity index (χ2n) is 6.10. The van der Waals surface area contributed by atoms with E-state index in [0.29, 0.717) is 18.7 Å². The highest BCUT2D eigenvalue weighted by Gasteiger charge is 2.35. The molecule has 3 rings (SSSR count). The van der Waals surface area contributed by atoms with Crippen LogP contribution in [0, 0.1) is 12.8 Å². The number of aryl methyl sites for hydroxylation is 1. The molecule has 1 amide bonds. The molecule has 0 aromatic carbocycles. The van der Waals surface area contributed by atoms with Crippen LogP contribution in [-0.4, -0.2) is 34.2 Å². The summed E-state index contributed by atoms with van der Waals surface area (Å²) in [5, 5.41) is 15.6. The van der Waals surface area contributed by atoms with Crippen LogP contribution in [0.2, 0.25) is 0 Å². The Bertz CT molecular complexity index is 695. The summed E-state index contributed by atoms with van der Waals surface area (Å²) in [5.74, 6) is 0.689. The number of thiazole rings is 1. The fraction of sp³-hybridized carbons (Fsp3) is 0.471. The van der Waals surface area contributed by atoms with Crippen LogP contribution in [0.4, 0.5) is 0 Å². The average molecular weight is 347 g/mol. The van der Waals surface area contributed by atoms with Crippen LogP contribution in [0.25, 0.3) is 0 Å². The normalized spacial score (nSPS) is 21.0. The van der Waals surface area contributed by atoms with E-state index >= 15 is 0 Å². The van der Waals surface area contributed by atoms with Crippen molar-refractivity contribution in [1.29, 1.82) is 0 Å². The van der Waals surface area contributed by atoms with Crippen molar-refractivity contribution in [1.82, 2.24) is 15.3 Å². The number of nitrogens with one attached hydrogen (secondary N) is 1. The first-order valence-corrected chi connectivity index (χ1v) is 8.81. The summed E-state index contributed by atoms with van der Waals surface area (Å²) in [5.41, 5.74) is 1.71. The van der Waals surface area contributed by atoms with Crippen molar-refractivity contribution in [2.75, 3.05) is 7.11 Å². The number of carbonyl (C=O) groups excluding carboxylic acids is 1. The van der Waals surface area contributed by atoms with Gasteiger partial charge in [0.25, 0.3) is 0 Å². The van der Waals surface area contributed by atoms with E-state index in [0.717, 1.165) is 16.3 Å². The topological polar surface area (TPSA) is 84.3 Å². The number of pyridine rings is 1. The second kappa shape index (κ2) is 7.27. The number of ether oxygens (including phenoxy) is 1. The molecule has 2 aromatic rings. The van der Waals surface area contributed by atoms with E-state index < -0.39 is 0 Å². The summed E-state index contributed by atoms with van der Waals surface area (Å²) in [4.78, 5) is 21.0. The van der Waals surface area contributed by atoms with E-state index in [4.69, 9.17) is 4.74 Å². The van der Waals surface area contributed by atoms with Gasteiger partial charge in [-0.15, -0.1) is 11.3 Å². The van der Waals surface area contributed by atoms with E-state index in [9.17, 15) is 9.90 Å². The monoisotopic (exact) mass is 347 g/mol. The third-order valence-electron chi connectivity index (χ3n) is 4.27. The highest BCUT2D eigenvalue weighted by molar-refractivity contribution is 7.09. The summed E-state index contributed by atoms with van der Waals surface area (Å²) in [6, 6.07) is 3.54. The van der Waals surface area contributed by atoms with Crippen LogP contribution in [0.3, 0.4) is 0 Å². The van der Waals surface area contributed by atoms with Crippen molar-refractivity contribution in [3.8, 4) is 5.88 Å². The Morgan fingerprint density at radius 1 is 1.50 bits per heavy atom. The van der Waals surface area contributed by atoms with Crippen molar-refractivity contribution in [2.24, 2.45) is 5.92 Å². The summed E-state index contributed by atoms with van der Waals surface area (Å²) in [6.07, 6.45) is 3.09. The molecule has 24 heavy (non-hydrogen) atoms. The summed E-state index contributed by atoms with van der Waals surface area (Å²) >= 11 is 1.54. The maximum absolute atomic E-state index is 12.4. The van der Waals surface area contributed by atoms with Crippen molar-refractivity contribution < 1.29 is 14.6 Å². The van der Waals surface area contributed by atoms with Crippen LogP contribution in [0.1, 0.15) is 35.1 Å². The van der Waals surface area contributed by atoms with Crippen molar-refractivity contribution in [3.63, 3.8) is 0 Å². The minimum atomic E-state index is -0.276. The van der Waals surface area contributed by atoms with Crippen LogP contribution >= 0.6 is 11.3 Å². The molecule has 128 valence electrons. The smallest absolute Gasteiger partial charge is 0.226 e. The Kier molecular flexibility index (Phi) is 5.11. The molecule has 1 aliphatic rings. The molecule has 6 nitrogen and oxygen atoms in total. The van der Waals surface area contributed by atoms with E-state index in [1.165, 1.54) is 11.3 Å². The van der Waals surface area contributed by atoms with Gasteiger partial charge in [-0.3, -0.25) is 4.79 Å². The number of aromatic nitrogens is 2. The Morgan fingerprint density at radius 3 is 2.83 bits per heavy atom. The number of hydrogen-bond acceptors (Lipinski definition) is 6. The quantitative estimate of drug-likeness (QED) is 0.835. The highest BCUT2D eigenvalue weighted by Crippen LogP contribution is 2.38. The molecule has 7 heteroatoms. The first-order chi connectivity index (χ1) is 11.5. The van der Waals surface area contributed by atoms with E-state index in [1.54, 1.807) is 19.4 Å². The van der Waals surface area contributed by atoms with Gasteiger partial charge in [0.2, 0.25) is 11.8 Å². The fourth-order valence-electron chi connectivity index (χ4n) is 2.95. The molecule has 0 aliphatic heterocycles. The summed E-state index contributed by atoms with van der Waals surface area (Å²) < 4.78 is 5.08. The van der Waals surface area contributed by atoms with E-state index in [-0.39, 0.29) is 30.4 Å². The Hall–Kier alpha value is -1.99. The molecule has 2 heterocycles. The minimum Gasteiger partial charge on any atom is -0.481 e. The van der Waals surface area contributed by atoms with Gasteiger partial charge >= 0.3 is 0 Å². The molecule has 1 saturated carbocycles. The second-order valence-corrected chi connectivity index (χ2v) is 7.16. The van der Waals surface area contributed by atoms with Gasteiger partial charge in [0.1, 0.15) is 0 Å². The van der Waals surface area contributed by atoms with Gasteiger partial charge in [0.15, 0.2) is 0 Å². The molecular formula is C17H21N3O3S. The van der Waals surface area contributed by atoms with Gasteiger partial charge in [-0.25, -0.2) is 9.97 Å². The number of methoxy groups -OCH3 is 1. The van der Waals surface area contributed by atoms with Gasteiger partial charge in [0.05, 0.1) is 36.4 Å². The zero-order valence-corrected chi connectivity index (χ0v) is 14.5. The lowest BCUT2D eigenvalue weighted by Gasteiger charge is -2.38. The fourth-order valence-corrected chi connectivity index (χ4v) is 3.56. The molecule has 0 spiro atoms. The molecule has 1 aliphatic carbocycles. The number of aliphatic hydroxyl groups excluding tert-OH is 1. The summed E-state index contributed by atoms with van der Waals surface area (Å²) in [7, 11) is 1.57. The lowest BCUT2D eigenvalue weighted by molar-refractivity contribution is -0.122. The maximum Gasteiger partial charge on any atom is 0.226 e. The van der Waals surface area contributed by atoms with Crippen LogP contribution in [0.5, 0.6) is 5.88 Å². The largest absolute Gasteiger partial charge is 0.481 e. The highest BCUT2D eigenvalue weighted by atomic mass is 32.1. The number of rotatable bonds is 6. The molecule has 2 N–H and O–H groups in total. The van der Waals surface area contributed by atoms with Crippen molar-refractivity contribution in [3.05, 3.63) is 40.0 Å². The zero-order valence-electron chi connectivity index (χ0n) is 13.7. The molecular weight excluding hydrogens is 326 g/mol. The lowest BCUT2D eigenvalue weighted by atomic mass is 9.75. The number of aliphatic hydroxyl groups is 1.